The number of rotatable bonds is 3. The van der Waals surface area contributed by atoms with E-state index in [4.69, 9.17) is 14.8 Å². The SMILES string of the molecule is Cn1cc(-n2nc(C3CCOCC3)nc2-c2cccc3ncsc23)cn1. The molecule has 4 heterocycles. The number of hydrogen-bond donors (Lipinski definition) is 0. The lowest BCUT2D eigenvalue weighted by Crippen LogP contribution is -2.15. The molecule has 8 heteroatoms. The maximum absolute atomic E-state index is 5.50. The van der Waals surface area contributed by atoms with Gasteiger partial charge in [0, 0.05) is 31.7 Å². The number of aryl methyl sites for hydroxylation is 1. The summed E-state index contributed by atoms with van der Waals surface area (Å²) < 4.78 is 10.3. The first-order chi connectivity index (χ1) is 12.8. The molecule has 1 aliphatic heterocycles. The van der Waals surface area contributed by atoms with Crippen molar-refractivity contribution in [2.24, 2.45) is 7.05 Å². The van der Waals surface area contributed by atoms with E-state index < -0.39 is 0 Å². The van der Waals surface area contributed by atoms with E-state index in [-0.39, 0.29) is 0 Å². The standard InChI is InChI=1S/C18H18N6OS/c1-23-10-13(9-20-23)24-18(14-3-2-4-15-16(14)26-11-19-15)21-17(22-24)12-5-7-25-8-6-12/h2-4,9-12H,5-8H2,1H3. The molecule has 26 heavy (non-hydrogen) atoms. The van der Waals surface area contributed by atoms with Gasteiger partial charge in [-0.15, -0.1) is 11.3 Å². The van der Waals surface area contributed by atoms with Crippen molar-refractivity contribution in [3.05, 3.63) is 41.9 Å². The molecule has 5 rings (SSSR count). The Balaban J connectivity index is 1.69. The molecule has 1 saturated heterocycles. The Morgan fingerprint density at radius 1 is 1.23 bits per heavy atom. The molecule has 0 N–H and O–H groups in total. The lowest BCUT2D eigenvalue weighted by Gasteiger charge is -2.18. The normalized spacial score (nSPS) is 15.7. The molecule has 0 unspecified atom stereocenters. The Kier molecular flexibility index (Phi) is 3.79. The number of hydrogen-bond acceptors (Lipinski definition) is 6. The molecule has 3 aromatic heterocycles. The number of thiazole rings is 1. The van der Waals surface area contributed by atoms with Crippen molar-refractivity contribution in [1.82, 2.24) is 29.5 Å². The van der Waals surface area contributed by atoms with Crippen molar-refractivity contribution in [2.45, 2.75) is 18.8 Å². The zero-order valence-electron chi connectivity index (χ0n) is 14.4. The summed E-state index contributed by atoms with van der Waals surface area (Å²) in [5.74, 6) is 2.06. The average Bonchev–Trinajstić information content (AvgIpc) is 3.40. The van der Waals surface area contributed by atoms with Crippen molar-refractivity contribution in [2.75, 3.05) is 13.2 Å². The number of nitrogens with zero attached hydrogens (tertiary/aromatic N) is 6. The predicted octanol–water partition coefficient (Wildman–Crippen LogP) is 3.17. The molecular weight excluding hydrogens is 348 g/mol. The number of benzene rings is 1. The van der Waals surface area contributed by atoms with Crippen LogP contribution in [0.4, 0.5) is 0 Å². The monoisotopic (exact) mass is 366 g/mol. The van der Waals surface area contributed by atoms with Crippen LogP contribution in [0.2, 0.25) is 0 Å². The van der Waals surface area contributed by atoms with E-state index >= 15 is 0 Å². The summed E-state index contributed by atoms with van der Waals surface area (Å²) >= 11 is 1.63. The van der Waals surface area contributed by atoms with Crippen LogP contribution in [0.25, 0.3) is 27.3 Å². The Morgan fingerprint density at radius 2 is 2.12 bits per heavy atom. The van der Waals surface area contributed by atoms with Gasteiger partial charge in [0.05, 0.1) is 28.1 Å². The van der Waals surface area contributed by atoms with Gasteiger partial charge in [-0.2, -0.15) is 10.2 Å². The minimum absolute atomic E-state index is 0.334. The van der Waals surface area contributed by atoms with Gasteiger partial charge < -0.3 is 4.74 Å². The van der Waals surface area contributed by atoms with Crippen LogP contribution >= 0.6 is 11.3 Å². The third-order valence-corrected chi connectivity index (χ3v) is 5.62. The molecule has 132 valence electrons. The minimum atomic E-state index is 0.334. The minimum Gasteiger partial charge on any atom is -0.381 e. The molecular formula is C18H18N6OS. The van der Waals surface area contributed by atoms with Crippen LogP contribution in [0.3, 0.4) is 0 Å². The number of aromatic nitrogens is 6. The third kappa shape index (κ3) is 2.62. The van der Waals surface area contributed by atoms with Crippen LogP contribution in [0, 0.1) is 0 Å². The highest BCUT2D eigenvalue weighted by molar-refractivity contribution is 7.17. The zero-order valence-corrected chi connectivity index (χ0v) is 15.2. The van der Waals surface area contributed by atoms with Gasteiger partial charge in [0.2, 0.25) is 0 Å². The second kappa shape index (κ2) is 6.30. The molecule has 0 atom stereocenters. The van der Waals surface area contributed by atoms with Gasteiger partial charge >= 0.3 is 0 Å². The van der Waals surface area contributed by atoms with Crippen molar-refractivity contribution in [3.63, 3.8) is 0 Å². The summed E-state index contributed by atoms with van der Waals surface area (Å²) in [7, 11) is 1.91. The van der Waals surface area contributed by atoms with Gasteiger partial charge in [0.15, 0.2) is 11.6 Å². The second-order valence-corrected chi connectivity index (χ2v) is 7.33. The quantitative estimate of drug-likeness (QED) is 0.557. The van der Waals surface area contributed by atoms with Gasteiger partial charge in [-0.05, 0) is 25.0 Å². The molecule has 0 aliphatic carbocycles. The highest BCUT2D eigenvalue weighted by atomic mass is 32.1. The van der Waals surface area contributed by atoms with Crippen molar-refractivity contribution >= 4 is 21.6 Å². The van der Waals surface area contributed by atoms with E-state index in [0.717, 1.165) is 59.2 Å². The Labute approximate surface area is 154 Å². The second-order valence-electron chi connectivity index (χ2n) is 6.47. The molecule has 0 bridgehead atoms. The molecule has 0 radical (unpaired) electrons. The summed E-state index contributed by atoms with van der Waals surface area (Å²) in [5, 5.41) is 9.17. The van der Waals surface area contributed by atoms with Gasteiger partial charge in [0.25, 0.3) is 0 Å². The lowest BCUT2D eigenvalue weighted by molar-refractivity contribution is 0.0836. The summed E-state index contributed by atoms with van der Waals surface area (Å²) in [5.41, 5.74) is 4.83. The highest BCUT2D eigenvalue weighted by Crippen LogP contribution is 2.33. The summed E-state index contributed by atoms with van der Waals surface area (Å²) in [6.45, 7) is 1.54. The molecule has 0 amide bonds. The first-order valence-corrected chi connectivity index (χ1v) is 9.54. The molecule has 0 spiro atoms. The lowest BCUT2D eigenvalue weighted by atomic mass is 10.00. The van der Waals surface area contributed by atoms with E-state index in [9.17, 15) is 0 Å². The van der Waals surface area contributed by atoms with Crippen LogP contribution in [-0.4, -0.2) is 42.7 Å². The van der Waals surface area contributed by atoms with Crippen molar-refractivity contribution in [3.8, 4) is 17.1 Å². The van der Waals surface area contributed by atoms with E-state index in [1.54, 1.807) is 16.0 Å². The van der Waals surface area contributed by atoms with Gasteiger partial charge in [0.1, 0.15) is 5.69 Å². The molecule has 1 aliphatic rings. The van der Waals surface area contributed by atoms with E-state index in [0.29, 0.717) is 5.92 Å². The Morgan fingerprint density at radius 3 is 2.92 bits per heavy atom. The fourth-order valence-corrected chi connectivity index (χ4v) is 4.19. The number of ether oxygens (including phenoxy) is 1. The van der Waals surface area contributed by atoms with Gasteiger partial charge in [-0.1, -0.05) is 6.07 Å². The smallest absolute Gasteiger partial charge is 0.165 e. The van der Waals surface area contributed by atoms with Crippen LogP contribution in [-0.2, 0) is 11.8 Å². The topological polar surface area (TPSA) is 70.7 Å². The third-order valence-electron chi connectivity index (χ3n) is 4.74. The van der Waals surface area contributed by atoms with E-state index in [1.165, 1.54) is 0 Å². The first-order valence-electron chi connectivity index (χ1n) is 8.66. The summed E-state index contributed by atoms with van der Waals surface area (Å²) in [6, 6.07) is 6.14. The van der Waals surface area contributed by atoms with E-state index in [1.807, 2.05) is 41.8 Å². The summed E-state index contributed by atoms with van der Waals surface area (Å²) in [6.07, 6.45) is 5.69. The van der Waals surface area contributed by atoms with Crippen molar-refractivity contribution in [1.29, 1.82) is 0 Å². The van der Waals surface area contributed by atoms with E-state index in [2.05, 4.69) is 16.1 Å². The fraction of sp³-hybridized carbons (Fsp3) is 0.333. The summed E-state index contributed by atoms with van der Waals surface area (Å²) in [4.78, 5) is 9.39. The van der Waals surface area contributed by atoms with Crippen LogP contribution < -0.4 is 0 Å². The van der Waals surface area contributed by atoms with Crippen LogP contribution in [0.5, 0.6) is 0 Å². The molecule has 0 saturated carbocycles. The Bertz CT molecular complexity index is 1060. The number of fused-ring (bicyclic) bond motifs is 1. The predicted molar refractivity (Wildman–Crippen MR) is 99.5 cm³/mol. The first kappa shape index (κ1) is 15.7. The maximum Gasteiger partial charge on any atom is 0.165 e. The van der Waals surface area contributed by atoms with Gasteiger partial charge in [-0.3, -0.25) is 4.68 Å². The molecule has 4 aromatic rings. The molecule has 1 aromatic carbocycles. The van der Waals surface area contributed by atoms with Crippen molar-refractivity contribution < 1.29 is 4.74 Å². The largest absolute Gasteiger partial charge is 0.381 e. The molecule has 7 nitrogen and oxygen atoms in total. The molecule has 1 fully saturated rings. The average molecular weight is 366 g/mol. The van der Waals surface area contributed by atoms with Crippen LogP contribution in [0.15, 0.2) is 36.1 Å². The fourth-order valence-electron chi connectivity index (χ4n) is 3.39. The van der Waals surface area contributed by atoms with Crippen LogP contribution in [0.1, 0.15) is 24.6 Å². The highest BCUT2D eigenvalue weighted by Gasteiger charge is 2.24. The maximum atomic E-state index is 5.50. The zero-order chi connectivity index (χ0) is 17.5. The van der Waals surface area contributed by atoms with Gasteiger partial charge in [-0.25, -0.2) is 14.6 Å². The Hall–Kier alpha value is -2.58.